The van der Waals surface area contributed by atoms with E-state index in [0.717, 1.165) is 31.4 Å². The van der Waals surface area contributed by atoms with E-state index in [1.807, 2.05) is 11.8 Å². The molecule has 0 saturated carbocycles. The third-order valence-electron chi connectivity index (χ3n) is 4.09. The lowest BCUT2D eigenvalue weighted by molar-refractivity contribution is 0.00743. The summed E-state index contributed by atoms with van der Waals surface area (Å²) in [5.74, 6) is -3.93. The van der Waals surface area contributed by atoms with Crippen molar-refractivity contribution >= 4 is 11.8 Å². The van der Waals surface area contributed by atoms with Crippen molar-refractivity contribution in [3.63, 3.8) is 0 Å². The lowest BCUT2D eigenvalue weighted by Crippen LogP contribution is -2.40. The molecule has 2 aliphatic heterocycles. The van der Waals surface area contributed by atoms with Crippen molar-refractivity contribution in [3.8, 4) is 0 Å². The van der Waals surface area contributed by atoms with E-state index in [0.29, 0.717) is 23.3 Å². The van der Waals surface area contributed by atoms with Gasteiger partial charge in [-0.2, -0.15) is 11.8 Å². The first-order chi connectivity index (χ1) is 8.98. The normalized spacial score (nSPS) is 34.3. The summed E-state index contributed by atoms with van der Waals surface area (Å²) in [4.78, 5) is 0. The minimum atomic E-state index is -1.47. The van der Waals surface area contributed by atoms with Gasteiger partial charge in [-0.05, 0) is 43.4 Å². The van der Waals surface area contributed by atoms with Gasteiger partial charge < -0.3 is 5.11 Å². The summed E-state index contributed by atoms with van der Waals surface area (Å²) < 4.78 is 39.6. The van der Waals surface area contributed by atoms with E-state index in [2.05, 4.69) is 0 Å². The van der Waals surface area contributed by atoms with Crippen LogP contribution < -0.4 is 0 Å². The molecule has 104 valence electrons. The van der Waals surface area contributed by atoms with Crippen LogP contribution in [0.15, 0.2) is 12.1 Å². The summed E-state index contributed by atoms with van der Waals surface area (Å²) in [6.45, 7) is 0. The molecule has 2 bridgehead atoms. The Labute approximate surface area is 114 Å². The summed E-state index contributed by atoms with van der Waals surface area (Å²) in [5, 5.41) is 11.4. The van der Waals surface area contributed by atoms with Crippen LogP contribution in [0.25, 0.3) is 0 Å². The fourth-order valence-electron chi connectivity index (χ4n) is 3.18. The number of hydrogen-bond donors (Lipinski definition) is 1. The van der Waals surface area contributed by atoms with E-state index >= 15 is 0 Å². The number of benzene rings is 1. The van der Waals surface area contributed by atoms with Crippen LogP contribution in [0.4, 0.5) is 13.2 Å². The maximum absolute atomic E-state index is 13.3. The molecular formula is C14H15F3OS. The first-order valence-corrected chi connectivity index (χ1v) is 7.45. The maximum atomic E-state index is 13.3. The van der Waals surface area contributed by atoms with Crippen molar-refractivity contribution in [2.75, 3.05) is 0 Å². The third kappa shape index (κ3) is 2.38. The second-order valence-electron chi connectivity index (χ2n) is 5.50. The standard InChI is InChI=1S/C14H15F3OS/c15-11-4-8(5-12(16)13(11)17)14(18)6-9-2-1-3-10(7-14)19-9/h4-5,9-10,18H,1-3,6-7H2. The average Bonchev–Trinajstić information content (AvgIpc) is 2.34. The number of aliphatic hydroxyl groups is 1. The van der Waals surface area contributed by atoms with Crippen LogP contribution in [0.1, 0.15) is 37.7 Å². The predicted octanol–water partition coefficient (Wildman–Crippen LogP) is 3.74. The van der Waals surface area contributed by atoms with Crippen molar-refractivity contribution in [1.82, 2.24) is 0 Å². The second-order valence-corrected chi connectivity index (χ2v) is 7.11. The van der Waals surface area contributed by atoms with Gasteiger partial charge in [0.15, 0.2) is 17.5 Å². The molecule has 0 aliphatic carbocycles. The van der Waals surface area contributed by atoms with E-state index in [-0.39, 0.29) is 5.56 Å². The Kier molecular flexibility index (Phi) is 3.29. The third-order valence-corrected chi connectivity index (χ3v) is 5.66. The van der Waals surface area contributed by atoms with Gasteiger partial charge in [0.2, 0.25) is 0 Å². The summed E-state index contributed by atoms with van der Waals surface area (Å²) in [6.07, 6.45) is 4.16. The zero-order valence-electron chi connectivity index (χ0n) is 10.3. The Balaban J connectivity index is 1.96. The molecule has 3 rings (SSSR count). The largest absolute Gasteiger partial charge is 0.385 e. The summed E-state index contributed by atoms with van der Waals surface area (Å²) in [7, 11) is 0. The molecular weight excluding hydrogens is 273 g/mol. The average molecular weight is 288 g/mol. The summed E-state index contributed by atoms with van der Waals surface area (Å²) in [5.41, 5.74) is -1.06. The zero-order chi connectivity index (χ0) is 13.6. The molecule has 0 radical (unpaired) electrons. The Hall–Kier alpha value is -0.680. The van der Waals surface area contributed by atoms with Gasteiger partial charge >= 0.3 is 0 Å². The summed E-state index contributed by atoms with van der Waals surface area (Å²) in [6, 6.07) is 1.87. The van der Waals surface area contributed by atoms with Crippen LogP contribution in [-0.4, -0.2) is 15.6 Å². The lowest BCUT2D eigenvalue weighted by Gasteiger charge is -2.44. The molecule has 2 atom stereocenters. The quantitative estimate of drug-likeness (QED) is 0.794. The molecule has 2 aliphatic rings. The monoisotopic (exact) mass is 288 g/mol. The highest BCUT2D eigenvalue weighted by molar-refractivity contribution is 8.00. The van der Waals surface area contributed by atoms with Crippen molar-refractivity contribution in [1.29, 1.82) is 0 Å². The number of halogens is 3. The highest BCUT2D eigenvalue weighted by Crippen LogP contribution is 2.49. The van der Waals surface area contributed by atoms with Gasteiger partial charge in [0.05, 0.1) is 5.60 Å². The lowest BCUT2D eigenvalue weighted by atomic mass is 9.80. The highest BCUT2D eigenvalue weighted by atomic mass is 32.2. The fourth-order valence-corrected chi connectivity index (χ4v) is 5.07. The fraction of sp³-hybridized carbons (Fsp3) is 0.571. The van der Waals surface area contributed by atoms with E-state index in [9.17, 15) is 18.3 Å². The molecule has 1 N–H and O–H groups in total. The number of hydrogen-bond acceptors (Lipinski definition) is 2. The van der Waals surface area contributed by atoms with Gasteiger partial charge in [0.25, 0.3) is 0 Å². The number of fused-ring (bicyclic) bond motifs is 2. The minimum absolute atomic E-state index is 0.168. The smallest absolute Gasteiger partial charge is 0.194 e. The SMILES string of the molecule is OC1(c2cc(F)c(F)c(F)c2)CC2CCCC(C1)S2. The van der Waals surface area contributed by atoms with Crippen molar-refractivity contribution < 1.29 is 18.3 Å². The molecule has 5 heteroatoms. The van der Waals surface area contributed by atoms with Crippen LogP contribution >= 0.6 is 11.8 Å². The molecule has 1 aromatic carbocycles. The number of rotatable bonds is 1. The molecule has 19 heavy (non-hydrogen) atoms. The summed E-state index contributed by atoms with van der Waals surface area (Å²) >= 11 is 1.86. The Morgan fingerprint density at radius 1 is 1.05 bits per heavy atom. The van der Waals surface area contributed by atoms with Gasteiger partial charge in [-0.3, -0.25) is 0 Å². The van der Waals surface area contributed by atoms with Gasteiger partial charge in [-0.15, -0.1) is 0 Å². The molecule has 2 saturated heterocycles. The van der Waals surface area contributed by atoms with Crippen LogP contribution in [-0.2, 0) is 5.60 Å². The first-order valence-electron chi connectivity index (χ1n) is 6.51. The molecule has 2 unspecified atom stereocenters. The Morgan fingerprint density at radius 2 is 1.58 bits per heavy atom. The molecule has 0 aromatic heterocycles. The van der Waals surface area contributed by atoms with E-state index in [1.165, 1.54) is 0 Å². The van der Waals surface area contributed by atoms with Gasteiger partial charge in [0.1, 0.15) is 0 Å². The Bertz CT molecular complexity index is 470. The Morgan fingerprint density at radius 3 is 2.11 bits per heavy atom. The molecule has 1 aromatic rings. The predicted molar refractivity (Wildman–Crippen MR) is 68.5 cm³/mol. The van der Waals surface area contributed by atoms with E-state index in [4.69, 9.17) is 0 Å². The molecule has 2 fully saturated rings. The molecule has 2 heterocycles. The van der Waals surface area contributed by atoms with E-state index in [1.54, 1.807) is 0 Å². The minimum Gasteiger partial charge on any atom is -0.385 e. The topological polar surface area (TPSA) is 20.2 Å². The molecule has 0 spiro atoms. The maximum Gasteiger partial charge on any atom is 0.194 e. The zero-order valence-corrected chi connectivity index (χ0v) is 11.2. The van der Waals surface area contributed by atoms with Crippen LogP contribution in [0, 0.1) is 17.5 Å². The van der Waals surface area contributed by atoms with Crippen LogP contribution in [0.3, 0.4) is 0 Å². The second kappa shape index (κ2) is 4.70. The van der Waals surface area contributed by atoms with E-state index < -0.39 is 23.1 Å². The van der Waals surface area contributed by atoms with Gasteiger partial charge in [-0.1, -0.05) is 6.42 Å². The van der Waals surface area contributed by atoms with Crippen molar-refractivity contribution in [2.24, 2.45) is 0 Å². The van der Waals surface area contributed by atoms with Crippen LogP contribution in [0.2, 0.25) is 0 Å². The van der Waals surface area contributed by atoms with Crippen molar-refractivity contribution in [3.05, 3.63) is 35.1 Å². The van der Waals surface area contributed by atoms with Crippen molar-refractivity contribution in [2.45, 2.75) is 48.2 Å². The van der Waals surface area contributed by atoms with Crippen LogP contribution in [0.5, 0.6) is 0 Å². The first kappa shape index (κ1) is 13.3. The molecule has 0 amide bonds. The molecule has 1 nitrogen and oxygen atoms in total. The van der Waals surface area contributed by atoms with Gasteiger partial charge in [0, 0.05) is 10.5 Å². The van der Waals surface area contributed by atoms with Gasteiger partial charge in [-0.25, -0.2) is 13.2 Å². The number of thioether (sulfide) groups is 1. The highest BCUT2D eigenvalue weighted by Gasteiger charge is 2.43.